The molecular weight excluding hydrogens is 303 g/mol. The van der Waals surface area contributed by atoms with Gasteiger partial charge in [0.1, 0.15) is 10.8 Å². The highest BCUT2D eigenvalue weighted by Gasteiger charge is 2.39. The summed E-state index contributed by atoms with van der Waals surface area (Å²) in [6.45, 7) is 5.75. The van der Waals surface area contributed by atoms with E-state index in [-0.39, 0.29) is 6.54 Å². The van der Waals surface area contributed by atoms with Gasteiger partial charge < -0.3 is 4.57 Å². The average molecular weight is 317 g/mol. The van der Waals surface area contributed by atoms with Crippen molar-refractivity contribution >= 4 is 11.3 Å². The molecule has 9 heteroatoms. The number of halogens is 3. The molecule has 2 aromatic heterocycles. The van der Waals surface area contributed by atoms with Crippen molar-refractivity contribution in [1.29, 1.82) is 0 Å². The van der Waals surface area contributed by atoms with Crippen LogP contribution in [-0.4, -0.2) is 31.2 Å². The lowest BCUT2D eigenvalue weighted by Crippen LogP contribution is -2.34. The van der Waals surface area contributed by atoms with Gasteiger partial charge in [0.25, 0.3) is 0 Å². The molecule has 0 aromatic carbocycles. The summed E-state index contributed by atoms with van der Waals surface area (Å²) in [5.41, 5.74) is 1.01. The minimum absolute atomic E-state index is 0.251. The molecule has 0 saturated heterocycles. The molecule has 0 radical (unpaired) electrons. The van der Waals surface area contributed by atoms with Crippen molar-refractivity contribution in [3.05, 3.63) is 27.2 Å². The lowest BCUT2D eigenvalue weighted by molar-refractivity contribution is -0.148. The van der Waals surface area contributed by atoms with Crippen molar-refractivity contribution in [2.24, 2.45) is 0 Å². The van der Waals surface area contributed by atoms with Gasteiger partial charge >= 0.3 is 6.18 Å². The predicted octanol–water partition coefficient (Wildman–Crippen LogP) is 2.39. The number of hydrogen-bond donors (Lipinski definition) is 0. The van der Waals surface area contributed by atoms with E-state index in [9.17, 15) is 13.2 Å². The highest BCUT2D eigenvalue weighted by Crippen LogP contribution is 2.29. The Labute approximate surface area is 123 Å². The molecule has 1 aliphatic heterocycles. The topological polar surface area (TPSA) is 46.8 Å². The summed E-state index contributed by atoms with van der Waals surface area (Å²) in [5.74, 6) is -0.545. The zero-order chi connectivity index (χ0) is 15.2. The molecule has 0 unspecified atom stereocenters. The van der Waals surface area contributed by atoms with Gasteiger partial charge in [0.15, 0.2) is 0 Å². The number of fused-ring (bicyclic) bond motifs is 1. The molecule has 1 aliphatic rings. The average Bonchev–Trinajstić information content (AvgIpc) is 2.93. The van der Waals surface area contributed by atoms with Crippen LogP contribution in [0.3, 0.4) is 0 Å². The van der Waals surface area contributed by atoms with Gasteiger partial charge in [-0.25, -0.2) is 4.98 Å². The summed E-state index contributed by atoms with van der Waals surface area (Å²) in [6.07, 6.45) is -4.45. The first-order valence-corrected chi connectivity index (χ1v) is 7.31. The summed E-state index contributed by atoms with van der Waals surface area (Å²) >= 11 is 1.62. The van der Waals surface area contributed by atoms with Gasteiger partial charge in [-0.05, 0) is 13.8 Å². The second kappa shape index (κ2) is 5.06. The number of thiazole rings is 1. The number of rotatable bonds is 2. The van der Waals surface area contributed by atoms with Crippen LogP contribution in [0.15, 0.2) is 0 Å². The summed E-state index contributed by atoms with van der Waals surface area (Å²) in [6, 6.07) is 0. The van der Waals surface area contributed by atoms with Gasteiger partial charge in [0, 0.05) is 18.0 Å². The van der Waals surface area contributed by atoms with Crippen molar-refractivity contribution in [2.75, 3.05) is 6.54 Å². The maximum absolute atomic E-state index is 12.8. The van der Waals surface area contributed by atoms with Crippen LogP contribution in [-0.2, 0) is 25.8 Å². The van der Waals surface area contributed by atoms with Gasteiger partial charge in [-0.2, -0.15) is 13.2 Å². The Hall–Kier alpha value is -1.48. The van der Waals surface area contributed by atoms with Crippen molar-refractivity contribution in [2.45, 2.75) is 39.7 Å². The molecule has 0 spiro atoms. The van der Waals surface area contributed by atoms with Crippen LogP contribution in [0, 0.1) is 13.8 Å². The van der Waals surface area contributed by atoms with Gasteiger partial charge in [-0.1, -0.05) is 0 Å². The van der Waals surface area contributed by atoms with Crippen molar-refractivity contribution in [3.63, 3.8) is 0 Å². The first-order chi connectivity index (χ1) is 9.84. The zero-order valence-electron chi connectivity index (χ0n) is 11.6. The molecule has 5 nitrogen and oxygen atoms in total. The molecule has 0 N–H and O–H groups in total. The Kier molecular flexibility index (Phi) is 3.48. The molecule has 0 bridgehead atoms. The Balaban J connectivity index is 1.75. The number of hydrogen-bond acceptors (Lipinski definition) is 5. The largest absolute Gasteiger partial charge is 0.451 e. The van der Waals surface area contributed by atoms with Crippen LogP contribution < -0.4 is 0 Å². The summed E-state index contributed by atoms with van der Waals surface area (Å²) in [7, 11) is 0. The van der Waals surface area contributed by atoms with Gasteiger partial charge in [0.2, 0.25) is 5.82 Å². The molecule has 3 heterocycles. The van der Waals surface area contributed by atoms with E-state index in [4.69, 9.17) is 0 Å². The van der Waals surface area contributed by atoms with E-state index in [2.05, 4.69) is 15.2 Å². The van der Waals surface area contributed by atoms with Crippen LogP contribution in [0.4, 0.5) is 13.2 Å². The lowest BCUT2D eigenvalue weighted by Gasteiger charge is -2.27. The summed E-state index contributed by atoms with van der Waals surface area (Å²) in [4.78, 5) is 7.67. The van der Waals surface area contributed by atoms with E-state index in [0.29, 0.717) is 25.5 Å². The van der Waals surface area contributed by atoms with E-state index in [1.54, 1.807) is 11.3 Å². The molecule has 0 fully saturated rings. The maximum Gasteiger partial charge on any atom is 0.451 e. The predicted molar refractivity (Wildman–Crippen MR) is 70.7 cm³/mol. The van der Waals surface area contributed by atoms with Gasteiger partial charge in [0.05, 0.1) is 18.8 Å². The molecule has 0 saturated carbocycles. The summed E-state index contributed by atoms with van der Waals surface area (Å²) < 4.78 is 39.4. The van der Waals surface area contributed by atoms with E-state index in [1.807, 2.05) is 18.7 Å². The molecule has 2 aromatic rings. The first-order valence-electron chi connectivity index (χ1n) is 6.49. The zero-order valence-corrected chi connectivity index (χ0v) is 12.4. The van der Waals surface area contributed by atoms with Crippen molar-refractivity contribution in [3.8, 4) is 0 Å². The Morgan fingerprint density at radius 1 is 1.19 bits per heavy atom. The fourth-order valence-electron chi connectivity index (χ4n) is 2.35. The third-order valence-electron chi connectivity index (χ3n) is 3.52. The van der Waals surface area contributed by atoms with Crippen LogP contribution >= 0.6 is 11.3 Å². The van der Waals surface area contributed by atoms with Crippen molar-refractivity contribution in [1.82, 2.24) is 24.6 Å². The van der Waals surface area contributed by atoms with E-state index >= 15 is 0 Å². The van der Waals surface area contributed by atoms with Gasteiger partial charge in [-0.15, -0.1) is 21.5 Å². The fourth-order valence-corrected chi connectivity index (χ4v) is 3.33. The number of aromatic nitrogens is 4. The minimum Gasteiger partial charge on any atom is -0.305 e. The third kappa shape index (κ3) is 2.80. The smallest absolute Gasteiger partial charge is 0.305 e. The molecular formula is C12H14F3N5S. The second-order valence-electron chi connectivity index (χ2n) is 5.05. The lowest BCUT2D eigenvalue weighted by atomic mass is 10.3. The molecule has 114 valence electrons. The Morgan fingerprint density at radius 3 is 2.57 bits per heavy atom. The monoisotopic (exact) mass is 317 g/mol. The number of nitrogens with zero attached hydrogens (tertiary/aromatic N) is 5. The molecule has 0 amide bonds. The van der Waals surface area contributed by atoms with E-state index in [1.165, 1.54) is 4.88 Å². The Morgan fingerprint density at radius 2 is 1.95 bits per heavy atom. The first kappa shape index (κ1) is 14.5. The maximum atomic E-state index is 12.8. The minimum atomic E-state index is -4.45. The highest BCUT2D eigenvalue weighted by atomic mass is 32.1. The molecule has 3 rings (SSSR count). The van der Waals surface area contributed by atoms with Gasteiger partial charge in [-0.3, -0.25) is 4.90 Å². The SMILES string of the molecule is Cc1nc(CN2CCn3c(nnc3C(F)(F)F)C2)sc1C. The second-order valence-corrected chi connectivity index (χ2v) is 6.34. The number of aryl methyl sites for hydroxylation is 2. The Bertz CT molecular complexity index is 641. The number of alkyl halides is 3. The third-order valence-corrected chi connectivity index (χ3v) is 4.58. The fraction of sp³-hybridized carbons (Fsp3) is 0.583. The van der Waals surface area contributed by atoms with Crippen LogP contribution in [0.2, 0.25) is 0 Å². The standard InChI is InChI=1S/C12H14F3N5S/c1-7-8(2)21-10(16-7)6-19-3-4-20-9(5-19)17-18-11(20)12(13,14)15/h3-6H2,1-2H3. The van der Waals surface area contributed by atoms with Crippen molar-refractivity contribution < 1.29 is 13.2 Å². The van der Waals surface area contributed by atoms with E-state index in [0.717, 1.165) is 15.3 Å². The molecule has 0 atom stereocenters. The van der Waals surface area contributed by atoms with Crippen LogP contribution in [0.1, 0.15) is 27.2 Å². The normalized spacial score (nSPS) is 16.2. The van der Waals surface area contributed by atoms with Crippen LogP contribution in [0.25, 0.3) is 0 Å². The summed E-state index contributed by atoms with van der Waals surface area (Å²) in [5, 5.41) is 7.93. The highest BCUT2D eigenvalue weighted by molar-refractivity contribution is 7.11. The van der Waals surface area contributed by atoms with E-state index < -0.39 is 12.0 Å². The molecule has 0 aliphatic carbocycles. The van der Waals surface area contributed by atoms with Crippen LogP contribution in [0.5, 0.6) is 0 Å². The molecule has 21 heavy (non-hydrogen) atoms. The quantitative estimate of drug-likeness (QED) is 0.853.